The fourth-order valence-electron chi connectivity index (χ4n) is 1.63. The van der Waals surface area contributed by atoms with Crippen molar-refractivity contribution >= 4 is 21.9 Å². The predicted molar refractivity (Wildman–Crippen MR) is 71.4 cm³/mol. The number of aryl methyl sites for hydroxylation is 1. The van der Waals surface area contributed by atoms with Crippen LogP contribution < -0.4 is 10.5 Å². The van der Waals surface area contributed by atoms with E-state index in [1.54, 1.807) is 25.1 Å². The molecule has 0 saturated heterocycles. The molecule has 1 aromatic rings. The van der Waals surface area contributed by atoms with Crippen molar-refractivity contribution in [2.75, 3.05) is 0 Å². The van der Waals surface area contributed by atoms with Crippen molar-refractivity contribution < 1.29 is 23.1 Å². The molecule has 0 aliphatic heterocycles. The Morgan fingerprint density at radius 1 is 1.35 bits per heavy atom. The van der Waals surface area contributed by atoms with E-state index in [4.69, 9.17) is 10.8 Å². The van der Waals surface area contributed by atoms with E-state index in [2.05, 4.69) is 4.72 Å². The molecule has 4 N–H and O–H groups in total. The van der Waals surface area contributed by atoms with Crippen LogP contribution in [-0.2, 0) is 19.6 Å². The standard InChI is InChI=1S/C12H16N2O5S/c1-8-4-2-3-5-10(8)20(18,19)14-9(12(16)17)6-7-11(13)15/h2-5,9,14H,6-7H2,1H3,(H2,13,15)(H,16,17)/t9-/m1/s1. The third-order valence-electron chi connectivity index (χ3n) is 2.66. The SMILES string of the molecule is Cc1ccccc1S(=O)(=O)N[C@H](CCC(N)=O)C(=O)O. The molecule has 0 radical (unpaired) electrons. The van der Waals surface area contributed by atoms with Gasteiger partial charge in [0.05, 0.1) is 4.90 Å². The maximum absolute atomic E-state index is 12.1. The van der Waals surface area contributed by atoms with Gasteiger partial charge in [-0.05, 0) is 25.0 Å². The van der Waals surface area contributed by atoms with E-state index in [-0.39, 0.29) is 17.7 Å². The van der Waals surface area contributed by atoms with Crippen LogP contribution in [0.15, 0.2) is 29.2 Å². The van der Waals surface area contributed by atoms with Crippen LogP contribution in [0, 0.1) is 6.92 Å². The summed E-state index contributed by atoms with van der Waals surface area (Å²) in [6.45, 7) is 1.60. The van der Waals surface area contributed by atoms with E-state index < -0.39 is 27.9 Å². The molecule has 1 rings (SSSR count). The van der Waals surface area contributed by atoms with Crippen molar-refractivity contribution in [2.45, 2.75) is 30.7 Å². The summed E-state index contributed by atoms with van der Waals surface area (Å²) in [7, 11) is -3.97. The van der Waals surface area contributed by atoms with Crippen LogP contribution in [0.3, 0.4) is 0 Å². The molecule has 0 aliphatic rings. The zero-order valence-corrected chi connectivity index (χ0v) is 11.7. The fourth-order valence-corrected chi connectivity index (χ4v) is 3.10. The van der Waals surface area contributed by atoms with Crippen LogP contribution in [-0.4, -0.2) is 31.4 Å². The Hall–Kier alpha value is -1.93. The van der Waals surface area contributed by atoms with Crippen LogP contribution in [0.4, 0.5) is 0 Å². The first-order valence-corrected chi connectivity index (χ1v) is 7.31. The minimum absolute atomic E-state index is 0.00493. The number of nitrogens with one attached hydrogen (secondary N) is 1. The molecule has 0 bridgehead atoms. The molecule has 0 fully saturated rings. The van der Waals surface area contributed by atoms with Gasteiger partial charge in [-0.2, -0.15) is 4.72 Å². The summed E-state index contributed by atoms with van der Waals surface area (Å²) in [4.78, 5) is 21.7. The number of rotatable bonds is 7. The molecule has 8 heteroatoms. The molecule has 1 amide bonds. The van der Waals surface area contributed by atoms with Crippen molar-refractivity contribution in [2.24, 2.45) is 5.73 Å². The first-order valence-electron chi connectivity index (χ1n) is 5.83. The number of carbonyl (C=O) groups is 2. The smallest absolute Gasteiger partial charge is 0.321 e. The van der Waals surface area contributed by atoms with Crippen molar-refractivity contribution in [3.8, 4) is 0 Å². The topological polar surface area (TPSA) is 127 Å². The van der Waals surface area contributed by atoms with Crippen molar-refractivity contribution in [3.05, 3.63) is 29.8 Å². The van der Waals surface area contributed by atoms with E-state index in [9.17, 15) is 18.0 Å². The number of nitrogens with two attached hydrogens (primary N) is 1. The Morgan fingerprint density at radius 3 is 2.45 bits per heavy atom. The highest BCUT2D eigenvalue weighted by Gasteiger charge is 2.26. The number of primary amides is 1. The summed E-state index contributed by atoms with van der Waals surface area (Å²) < 4.78 is 26.3. The number of hydrogen-bond donors (Lipinski definition) is 3. The monoisotopic (exact) mass is 300 g/mol. The largest absolute Gasteiger partial charge is 0.480 e. The molecule has 0 heterocycles. The molecule has 110 valence electrons. The van der Waals surface area contributed by atoms with E-state index in [1.807, 2.05) is 0 Å². The first kappa shape index (κ1) is 16.1. The fraction of sp³-hybridized carbons (Fsp3) is 0.333. The highest BCUT2D eigenvalue weighted by atomic mass is 32.2. The Bertz CT molecular complexity index is 612. The lowest BCUT2D eigenvalue weighted by Gasteiger charge is -2.15. The average molecular weight is 300 g/mol. The van der Waals surface area contributed by atoms with Gasteiger partial charge in [0, 0.05) is 6.42 Å². The van der Waals surface area contributed by atoms with Crippen LogP contribution in [0.1, 0.15) is 18.4 Å². The highest BCUT2D eigenvalue weighted by molar-refractivity contribution is 7.89. The van der Waals surface area contributed by atoms with Crippen molar-refractivity contribution in [3.63, 3.8) is 0 Å². The second-order valence-electron chi connectivity index (χ2n) is 4.28. The summed E-state index contributed by atoms with van der Waals surface area (Å²) in [5.41, 5.74) is 5.43. The third kappa shape index (κ3) is 4.32. The molecule has 20 heavy (non-hydrogen) atoms. The number of carboxylic acid groups (broad SMARTS) is 1. The lowest BCUT2D eigenvalue weighted by molar-refractivity contribution is -0.139. The highest BCUT2D eigenvalue weighted by Crippen LogP contribution is 2.15. The quantitative estimate of drug-likeness (QED) is 0.653. The number of aliphatic carboxylic acids is 1. The first-order chi connectivity index (χ1) is 9.24. The number of amides is 1. The molecule has 0 aliphatic carbocycles. The number of carbonyl (C=O) groups excluding carboxylic acids is 1. The third-order valence-corrected chi connectivity index (χ3v) is 4.29. The molecule has 7 nitrogen and oxygen atoms in total. The van der Waals surface area contributed by atoms with Gasteiger partial charge in [0.25, 0.3) is 0 Å². The summed E-state index contributed by atoms with van der Waals surface area (Å²) in [5.74, 6) is -2.05. The Kier molecular flexibility index (Phi) is 5.23. The average Bonchev–Trinajstić information content (AvgIpc) is 2.34. The molecule has 1 atom stereocenters. The molecular weight excluding hydrogens is 284 g/mol. The lowest BCUT2D eigenvalue weighted by atomic mass is 10.2. The number of hydrogen-bond acceptors (Lipinski definition) is 4. The van der Waals surface area contributed by atoms with Gasteiger partial charge < -0.3 is 10.8 Å². The van der Waals surface area contributed by atoms with Gasteiger partial charge in [0.2, 0.25) is 15.9 Å². The van der Waals surface area contributed by atoms with E-state index in [0.717, 1.165) is 0 Å². The zero-order valence-electron chi connectivity index (χ0n) is 10.9. The molecule has 0 spiro atoms. The molecule has 0 aromatic heterocycles. The van der Waals surface area contributed by atoms with Crippen LogP contribution in [0.2, 0.25) is 0 Å². The van der Waals surface area contributed by atoms with Gasteiger partial charge in [-0.15, -0.1) is 0 Å². The Morgan fingerprint density at radius 2 is 1.95 bits per heavy atom. The Labute approximate surface area is 116 Å². The minimum atomic E-state index is -3.97. The molecule has 0 unspecified atom stereocenters. The van der Waals surface area contributed by atoms with Crippen molar-refractivity contribution in [1.29, 1.82) is 0 Å². The van der Waals surface area contributed by atoms with Crippen molar-refractivity contribution in [1.82, 2.24) is 4.72 Å². The number of benzene rings is 1. The van der Waals surface area contributed by atoms with Gasteiger partial charge in [-0.3, -0.25) is 9.59 Å². The second kappa shape index (κ2) is 6.49. The van der Waals surface area contributed by atoms with Gasteiger partial charge in [-0.25, -0.2) is 8.42 Å². The van der Waals surface area contributed by atoms with E-state index in [0.29, 0.717) is 5.56 Å². The second-order valence-corrected chi connectivity index (χ2v) is 5.96. The number of carboxylic acids is 1. The normalized spacial score (nSPS) is 12.8. The minimum Gasteiger partial charge on any atom is -0.480 e. The van der Waals surface area contributed by atoms with Crippen LogP contribution >= 0.6 is 0 Å². The summed E-state index contributed by atoms with van der Waals surface area (Å²) >= 11 is 0. The Balaban J connectivity index is 2.95. The molecule has 0 saturated carbocycles. The van der Waals surface area contributed by atoms with Gasteiger partial charge in [-0.1, -0.05) is 18.2 Å². The maximum Gasteiger partial charge on any atom is 0.321 e. The molecule has 1 aromatic carbocycles. The number of sulfonamides is 1. The zero-order chi connectivity index (χ0) is 15.3. The predicted octanol–water partition coefficient (Wildman–Crippen LogP) is -0.00798. The van der Waals surface area contributed by atoms with Crippen LogP contribution in [0.5, 0.6) is 0 Å². The maximum atomic E-state index is 12.1. The van der Waals surface area contributed by atoms with Gasteiger partial charge in [0.15, 0.2) is 0 Å². The van der Waals surface area contributed by atoms with E-state index in [1.165, 1.54) is 6.07 Å². The summed E-state index contributed by atoms with van der Waals surface area (Å²) in [6.07, 6.45) is -0.414. The summed E-state index contributed by atoms with van der Waals surface area (Å²) in [6, 6.07) is 4.81. The van der Waals surface area contributed by atoms with E-state index >= 15 is 0 Å². The van der Waals surface area contributed by atoms with Gasteiger partial charge >= 0.3 is 5.97 Å². The lowest BCUT2D eigenvalue weighted by Crippen LogP contribution is -2.41. The molecular formula is C12H16N2O5S. The van der Waals surface area contributed by atoms with Crippen LogP contribution in [0.25, 0.3) is 0 Å². The summed E-state index contributed by atoms with van der Waals surface area (Å²) in [5, 5.41) is 8.99. The van der Waals surface area contributed by atoms with Gasteiger partial charge in [0.1, 0.15) is 6.04 Å².